The van der Waals surface area contributed by atoms with Gasteiger partial charge in [0, 0.05) is 13.0 Å². The molecule has 1 aliphatic rings. The van der Waals surface area contributed by atoms with E-state index in [4.69, 9.17) is 9.05 Å². The van der Waals surface area contributed by atoms with Crippen LogP contribution in [0.2, 0.25) is 0 Å². The van der Waals surface area contributed by atoms with Crippen molar-refractivity contribution in [2.75, 3.05) is 6.54 Å². The zero-order valence-electron chi connectivity index (χ0n) is 13.8. The standard InChI is InChI=1S/C15H19N5O4/c1-4-20-10(5-6-12(20)21)15-17-11(19-24-15)7-16-14(22)13-8(2)18-23-9(13)3/h10H,4-7H2,1-3H3,(H,16,22)/t10-/m0/s1. The lowest BCUT2D eigenvalue weighted by Crippen LogP contribution is -2.27. The molecule has 128 valence electrons. The van der Waals surface area contributed by atoms with E-state index >= 15 is 0 Å². The van der Waals surface area contributed by atoms with E-state index in [1.54, 1.807) is 18.7 Å². The van der Waals surface area contributed by atoms with Gasteiger partial charge in [-0.3, -0.25) is 9.59 Å². The number of rotatable bonds is 5. The molecule has 0 aliphatic carbocycles. The fourth-order valence-electron chi connectivity index (χ4n) is 2.92. The Kier molecular flexibility index (Phi) is 4.32. The zero-order valence-corrected chi connectivity index (χ0v) is 13.8. The average Bonchev–Trinajstić information content (AvgIpc) is 3.24. The summed E-state index contributed by atoms with van der Waals surface area (Å²) in [6, 6.07) is -0.179. The van der Waals surface area contributed by atoms with Crippen molar-refractivity contribution in [1.29, 1.82) is 0 Å². The Bertz CT molecular complexity index is 746. The highest BCUT2D eigenvalue weighted by Gasteiger charge is 2.34. The molecule has 2 amide bonds. The second-order valence-corrected chi connectivity index (χ2v) is 5.66. The first-order valence-corrected chi connectivity index (χ1v) is 7.84. The van der Waals surface area contributed by atoms with E-state index in [0.717, 1.165) is 0 Å². The Labute approximate surface area is 138 Å². The summed E-state index contributed by atoms with van der Waals surface area (Å²) in [5, 5.41) is 10.3. The second kappa shape index (κ2) is 6.42. The molecular formula is C15H19N5O4. The average molecular weight is 333 g/mol. The highest BCUT2D eigenvalue weighted by atomic mass is 16.5. The topological polar surface area (TPSA) is 114 Å². The van der Waals surface area contributed by atoms with Crippen molar-refractivity contribution in [3.63, 3.8) is 0 Å². The summed E-state index contributed by atoms with van der Waals surface area (Å²) in [6.45, 7) is 6.02. The van der Waals surface area contributed by atoms with Crippen LogP contribution in [-0.4, -0.2) is 38.6 Å². The van der Waals surface area contributed by atoms with Crippen molar-refractivity contribution in [1.82, 2.24) is 25.5 Å². The number of aryl methyl sites for hydroxylation is 2. The van der Waals surface area contributed by atoms with E-state index in [0.29, 0.717) is 48.1 Å². The maximum atomic E-state index is 12.2. The smallest absolute Gasteiger partial charge is 0.257 e. The van der Waals surface area contributed by atoms with Gasteiger partial charge >= 0.3 is 0 Å². The molecule has 1 aliphatic heterocycles. The van der Waals surface area contributed by atoms with Crippen molar-refractivity contribution in [3.8, 4) is 0 Å². The second-order valence-electron chi connectivity index (χ2n) is 5.66. The first kappa shape index (κ1) is 16.2. The Balaban J connectivity index is 1.65. The largest absolute Gasteiger partial charge is 0.361 e. The molecule has 2 aromatic rings. The van der Waals surface area contributed by atoms with Crippen molar-refractivity contribution >= 4 is 11.8 Å². The van der Waals surface area contributed by atoms with Crippen LogP contribution >= 0.6 is 0 Å². The Morgan fingerprint density at radius 2 is 2.12 bits per heavy atom. The van der Waals surface area contributed by atoms with Gasteiger partial charge in [0.15, 0.2) is 5.82 Å². The lowest BCUT2D eigenvalue weighted by atomic mass is 10.2. The summed E-state index contributed by atoms with van der Waals surface area (Å²) < 4.78 is 10.2. The van der Waals surface area contributed by atoms with Gasteiger partial charge in [0.05, 0.1) is 12.2 Å². The third-order valence-corrected chi connectivity index (χ3v) is 4.11. The highest BCUT2D eigenvalue weighted by molar-refractivity contribution is 5.95. The van der Waals surface area contributed by atoms with Gasteiger partial charge in [0.2, 0.25) is 11.8 Å². The van der Waals surface area contributed by atoms with Crippen LogP contribution in [0.25, 0.3) is 0 Å². The minimum atomic E-state index is -0.302. The van der Waals surface area contributed by atoms with Crippen LogP contribution in [0.5, 0.6) is 0 Å². The molecule has 0 saturated carbocycles. The molecule has 1 saturated heterocycles. The summed E-state index contributed by atoms with van der Waals surface area (Å²) in [6.07, 6.45) is 1.15. The fraction of sp³-hybridized carbons (Fsp3) is 0.533. The van der Waals surface area contributed by atoms with E-state index in [2.05, 4.69) is 20.6 Å². The first-order valence-electron chi connectivity index (χ1n) is 7.84. The lowest BCUT2D eigenvalue weighted by Gasteiger charge is -2.19. The normalized spacial score (nSPS) is 17.5. The zero-order chi connectivity index (χ0) is 17.3. The molecule has 3 heterocycles. The SMILES string of the molecule is CCN1C(=O)CC[C@H]1c1nc(CNC(=O)c2c(C)noc2C)no1. The van der Waals surface area contributed by atoms with E-state index in [9.17, 15) is 9.59 Å². The number of aromatic nitrogens is 3. The molecule has 0 bridgehead atoms. The molecule has 1 N–H and O–H groups in total. The number of amides is 2. The Hall–Kier alpha value is -2.71. The van der Waals surface area contributed by atoms with Gasteiger partial charge in [-0.15, -0.1) is 0 Å². The summed E-state index contributed by atoms with van der Waals surface area (Å²) in [5.41, 5.74) is 0.944. The number of nitrogens with zero attached hydrogens (tertiary/aromatic N) is 4. The van der Waals surface area contributed by atoms with E-state index in [-0.39, 0.29) is 24.4 Å². The van der Waals surface area contributed by atoms with Crippen LogP contribution in [0, 0.1) is 13.8 Å². The molecule has 0 unspecified atom stereocenters. The predicted octanol–water partition coefficient (Wildman–Crippen LogP) is 1.29. The molecule has 24 heavy (non-hydrogen) atoms. The van der Waals surface area contributed by atoms with Gasteiger partial charge in [0.25, 0.3) is 5.91 Å². The van der Waals surface area contributed by atoms with Crippen LogP contribution in [-0.2, 0) is 11.3 Å². The predicted molar refractivity (Wildman–Crippen MR) is 80.8 cm³/mol. The molecule has 0 spiro atoms. The summed E-state index contributed by atoms with van der Waals surface area (Å²) in [4.78, 5) is 30.0. The minimum Gasteiger partial charge on any atom is -0.361 e. The summed E-state index contributed by atoms with van der Waals surface area (Å²) >= 11 is 0. The third-order valence-electron chi connectivity index (χ3n) is 4.11. The van der Waals surface area contributed by atoms with E-state index < -0.39 is 0 Å². The van der Waals surface area contributed by atoms with Crippen LogP contribution in [0.3, 0.4) is 0 Å². The van der Waals surface area contributed by atoms with Gasteiger partial charge in [-0.2, -0.15) is 4.98 Å². The highest BCUT2D eigenvalue weighted by Crippen LogP contribution is 2.31. The monoisotopic (exact) mass is 333 g/mol. The van der Waals surface area contributed by atoms with Crippen molar-refractivity contribution in [2.45, 2.75) is 46.2 Å². The quantitative estimate of drug-likeness (QED) is 0.876. The summed E-state index contributed by atoms with van der Waals surface area (Å²) in [5.74, 6) is 1.02. The molecular weight excluding hydrogens is 314 g/mol. The number of carbonyl (C=O) groups is 2. The number of hydrogen-bond donors (Lipinski definition) is 1. The van der Waals surface area contributed by atoms with Crippen LogP contribution in [0.1, 0.15) is 59.3 Å². The van der Waals surface area contributed by atoms with Crippen LogP contribution < -0.4 is 5.32 Å². The molecule has 1 fully saturated rings. The Morgan fingerprint density at radius 3 is 2.79 bits per heavy atom. The van der Waals surface area contributed by atoms with Gasteiger partial charge in [-0.25, -0.2) is 0 Å². The van der Waals surface area contributed by atoms with Crippen molar-refractivity contribution in [2.24, 2.45) is 0 Å². The molecule has 0 radical (unpaired) electrons. The molecule has 2 aromatic heterocycles. The number of nitrogens with one attached hydrogen (secondary N) is 1. The first-order chi connectivity index (χ1) is 11.5. The molecule has 9 nitrogen and oxygen atoms in total. The molecule has 0 aromatic carbocycles. The summed E-state index contributed by atoms with van der Waals surface area (Å²) in [7, 11) is 0. The number of hydrogen-bond acceptors (Lipinski definition) is 7. The maximum Gasteiger partial charge on any atom is 0.257 e. The van der Waals surface area contributed by atoms with Gasteiger partial charge in [-0.1, -0.05) is 10.3 Å². The van der Waals surface area contributed by atoms with Crippen molar-refractivity contribution < 1.29 is 18.6 Å². The third kappa shape index (κ3) is 2.89. The van der Waals surface area contributed by atoms with Gasteiger partial charge in [-0.05, 0) is 27.2 Å². The molecule has 1 atom stereocenters. The van der Waals surface area contributed by atoms with Gasteiger partial charge < -0.3 is 19.3 Å². The van der Waals surface area contributed by atoms with E-state index in [1.165, 1.54) is 0 Å². The van der Waals surface area contributed by atoms with Crippen molar-refractivity contribution in [3.05, 3.63) is 28.7 Å². The minimum absolute atomic E-state index is 0.0916. The molecule has 9 heteroatoms. The Morgan fingerprint density at radius 1 is 1.33 bits per heavy atom. The number of carbonyl (C=O) groups excluding carboxylic acids is 2. The van der Waals surface area contributed by atoms with Crippen LogP contribution in [0.4, 0.5) is 0 Å². The van der Waals surface area contributed by atoms with E-state index in [1.807, 2.05) is 6.92 Å². The maximum absolute atomic E-state index is 12.2. The fourth-order valence-corrected chi connectivity index (χ4v) is 2.92. The van der Waals surface area contributed by atoms with Gasteiger partial charge in [0.1, 0.15) is 17.4 Å². The molecule has 3 rings (SSSR count). The number of likely N-dealkylation sites (tertiary alicyclic amines) is 1. The van der Waals surface area contributed by atoms with Crippen LogP contribution in [0.15, 0.2) is 9.05 Å². The lowest BCUT2D eigenvalue weighted by molar-refractivity contribution is -0.129.